The molecule has 1 aliphatic rings. The van der Waals surface area contributed by atoms with Gasteiger partial charge in [-0.15, -0.1) is 0 Å². The number of rotatable bonds is 9. The van der Waals surface area contributed by atoms with Gasteiger partial charge in [-0.25, -0.2) is 8.42 Å². The summed E-state index contributed by atoms with van der Waals surface area (Å²) in [5.74, 6) is -1.25. The molecule has 1 heterocycles. The Labute approximate surface area is 236 Å². The van der Waals surface area contributed by atoms with E-state index in [9.17, 15) is 23.1 Å². The lowest BCUT2D eigenvalue weighted by molar-refractivity contribution is -0.156. The largest absolute Gasteiger partial charge is 0.389 e. The number of carbonyl (C=O) groups excluding carboxylic acids is 2. The number of sulfone groups is 1. The number of likely N-dealkylation sites (tertiary alicyclic amines) is 1. The van der Waals surface area contributed by atoms with Crippen LogP contribution in [0.15, 0.2) is 48.5 Å². The monoisotopic (exact) mass is 581 g/mol. The zero-order chi connectivity index (χ0) is 28.5. The molecule has 0 unspecified atom stereocenters. The molecule has 3 rings (SSSR count). The molecule has 1 fully saturated rings. The smallest absolute Gasteiger partial charge is 0.229 e. The van der Waals surface area contributed by atoms with Gasteiger partial charge >= 0.3 is 0 Å². The molecule has 2 aromatic carbocycles. The van der Waals surface area contributed by atoms with Crippen LogP contribution in [0.4, 0.5) is 0 Å². The number of halogens is 2. The minimum Gasteiger partial charge on any atom is -0.389 e. The SMILES string of the molecule is CC[C@@H](CS(=O)(=O)C(C)(C)C)N1C(=O)[C@@](C)(CC(=O)CO)C[C@H](c2cccc(Cl)c2)[C@H]1c1ccc(Cl)cc1. The number of nitrogens with zero attached hydrogens (tertiary/aromatic N) is 1. The van der Waals surface area contributed by atoms with Crippen LogP contribution >= 0.6 is 23.2 Å². The van der Waals surface area contributed by atoms with Crippen LogP contribution in [-0.4, -0.2) is 53.3 Å². The predicted molar refractivity (Wildman–Crippen MR) is 152 cm³/mol. The van der Waals surface area contributed by atoms with E-state index in [0.29, 0.717) is 22.9 Å². The molecule has 0 aromatic heterocycles. The maximum atomic E-state index is 14.4. The summed E-state index contributed by atoms with van der Waals surface area (Å²) >= 11 is 12.6. The van der Waals surface area contributed by atoms with Crippen molar-refractivity contribution >= 4 is 44.7 Å². The number of hydrogen-bond donors (Lipinski definition) is 1. The fourth-order valence-corrected chi connectivity index (χ4v) is 7.06. The van der Waals surface area contributed by atoms with E-state index in [2.05, 4.69) is 0 Å². The van der Waals surface area contributed by atoms with Crippen LogP contribution in [0.1, 0.15) is 77.0 Å². The molecule has 4 atom stereocenters. The number of aliphatic hydroxyl groups excluding tert-OH is 1. The number of ketones is 1. The third kappa shape index (κ3) is 6.44. The van der Waals surface area contributed by atoms with Crippen molar-refractivity contribution in [1.82, 2.24) is 4.90 Å². The van der Waals surface area contributed by atoms with Gasteiger partial charge in [0.05, 0.1) is 22.0 Å². The lowest BCUT2D eigenvalue weighted by atomic mass is 9.66. The molecule has 1 N–H and O–H groups in total. The number of Topliss-reactive ketones (excluding diaryl/α,β-unsaturated/α-hetero) is 1. The number of hydrogen-bond acceptors (Lipinski definition) is 5. The summed E-state index contributed by atoms with van der Waals surface area (Å²) in [6.07, 6.45) is 0.577. The first-order chi connectivity index (χ1) is 17.6. The van der Waals surface area contributed by atoms with Gasteiger partial charge in [0, 0.05) is 28.4 Å². The molecule has 1 saturated heterocycles. The second kappa shape index (κ2) is 11.7. The standard InChI is InChI=1S/C29H37Cl2NO5S/c1-6-23(18-38(36,37)28(2,3)4)32-26(19-10-12-21(30)13-11-19)25(20-8-7-9-22(31)14-20)16-29(5,27(32)35)15-24(34)17-33/h7-14,23,25-26,33H,6,15-18H2,1-5H3/t23-,25+,26+,29-/m0/s1. The second-order valence-corrected chi connectivity index (χ2v) is 15.1. The molecule has 9 heteroatoms. The Morgan fingerprint density at radius 3 is 2.26 bits per heavy atom. The Hall–Kier alpha value is -1.93. The van der Waals surface area contributed by atoms with Crippen LogP contribution < -0.4 is 0 Å². The van der Waals surface area contributed by atoms with E-state index in [-0.39, 0.29) is 24.0 Å². The van der Waals surface area contributed by atoms with Crippen LogP contribution in [0, 0.1) is 5.41 Å². The van der Waals surface area contributed by atoms with Crippen LogP contribution in [-0.2, 0) is 19.4 Å². The summed E-state index contributed by atoms with van der Waals surface area (Å²) in [4.78, 5) is 28.5. The lowest BCUT2D eigenvalue weighted by Crippen LogP contribution is -2.58. The molecule has 1 amide bonds. The maximum absolute atomic E-state index is 14.4. The Kier molecular flexibility index (Phi) is 9.40. The molecule has 38 heavy (non-hydrogen) atoms. The summed E-state index contributed by atoms with van der Waals surface area (Å²) in [5, 5.41) is 10.6. The normalized spacial score (nSPS) is 23.4. The zero-order valence-corrected chi connectivity index (χ0v) is 24.9. The van der Waals surface area contributed by atoms with Crippen molar-refractivity contribution in [2.45, 2.75) is 76.6 Å². The molecule has 0 bridgehead atoms. The minimum atomic E-state index is -3.59. The van der Waals surface area contributed by atoms with Crippen LogP contribution in [0.3, 0.4) is 0 Å². The Bertz CT molecular complexity index is 1270. The average Bonchev–Trinajstić information content (AvgIpc) is 2.84. The van der Waals surface area contributed by atoms with Crippen molar-refractivity contribution in [2.75, 3.05) is 12.4 Å². The van der Waals surface area contributed by atoms with Gasteiger partial charge in [-0.1, -0.05) is 61.3 Å². The van der Waals surface area contributed by atoms with Crippen molar-refractivity contribution in [3.8, 4) is 0 Å². The van der Waals surface area contributed by atoms with Gasteiger partial charge in [0.15, 0.2) is 15.6 Å². The van der Waals surface area contributed by atoms with Gasteiger partial charge in [0.2, 0.25) is 5.91 Å². The van der Waals surface area contributed by atoms with Crippen molar-refractivity contribution < 1.29 is 23.1 Å². The molecular weight excluding hydrogens is 545 g/mol. The highest BCUT2D eigenvalue weighted by Crippen LogP contribution is 2.52. The predicted octanol–water partition coefficient (Wildman–Crippen LogP) is 6.00. The first kappa shape index (κ1) is 30.6. The van der Waals surface area contributed by atoms with Crippen molar-refractivity contribution in [1.29, 1.82) is 0 Å². The maximum Gasteiger partial charge on any atom is 0.229 e. The summed E-state index contributed by atoms with van der Waals surface area (Å²) in [6.45, 7) is 7.90. The molecule has 208 valence electrons. The fraction of sp³-hybridized carbons (Fsp3) is 0.517. The molecule has 6 nitrogen and oxygen atoms in total. The van der Waals surface area contributed by atoms with Crippen LogP contribution in [0.5, 0.6) is 0 Å². The van der Waals surface area contributed by atoms with Gasteiger partial charge in [-0.2, -0.15) is 0 Å². The van der Waals surface area contributed by atoms with Gasteiger partial charge in [0.25, 0.3) is 0 Å². The molecule has 0 saturated carbocycles. The summed E-state index contributed by atoms with van der Waals surface area (Å²) in [6, 6.07) is 13.5. The van der Waals surface area contributed by atoms with Gasteiger partial charge in [0.1, 0.15) is 6.61 Å². The summed E-state index contributed by atoms with van der Waals surface area (Å²) in [5.41, 5.74) is 0.551. The van der Waals surface area contributed by atoms with E-state index >= 15 is 0 Å². The topological polar surface area (TPSA) is 91.8 Å². The van der Waals surface area contributed by atoms with Gasteiger partial charge < -0.3 is 10.0 Å². The third-order valence-electron chi connectivity index (χ3n) is 7.56. The van der Waals surface area contributed by atoms with Crippen LogP contribution in [0.25, 0.3) is 0 Å². The summed E-state index contributed by atoms with van der Waals surface area (Å²) in [7, 11) is -3.59. The first-order valence-electron chi connectivity index (χ1n) is 12.8. The first-order valence-corrected chi connectivity index (χ1v) is 15.2. The van der Waals surface area contributed by atoms with Gasteiger partial charge in [-0.05, 0) is 69.0 Å². The average molecular weight is 583 g/mol. The zero-order valence-electron chi connectivity index (χ0n) is 22.6. The Balaban J connectivity index is 2.27. The van der Waals surface area contributed by atoms with E-state index in [0.717, 1.165) is 11.1 Å². The third-order valence-corrected chi connectivity index (χ3v) is 10.7. The van der Waals surface area contributed by atoms with Crippen molar-refractivity contribution in [2.24, 2.45) is 5.41 Å². The van der Waals surface area contributed by atoms with E-state index in [1.54, 1.807) is 50.8 Å². The number of aliphatic hydroxyl groups is 1. The number of piperidine rings is 1. The van der Waals surface area contributed by atoms with Crippen molar-refractivity contribution in [3.63, 3.8) is 0 Å². The lowest BCUT2D eigenvalue weighted by Gasteiger charge is -2.52. The van der Waals surface area contributed by atoms with Crippen molar-refractivity contribution in [3.05, 3.63) is 69.7 Å². The molecule has 0 aliphatic carbocycles. The highest BCUT2D eigenvalue weighted by Gasteiger charge is 2.52. The van der Waals surface area contributed by atoms with E-state index < -0.39 is 44.5 Å². The highest BCUT2D eigenvalue weighted by atomic mass is 35.5. The highest BCUT2D eigenvalue weighted by molar-refractivity contribution is 7.92. The Morgan fingerprint density at radius 1 is 1.11 bits per heavy atom. The minimum absolute atomic E-state index is 0.147. The molecule has 0 spiro atoms. The fourth-order valence-electron chi connectivity index (χ4n) is 5.34. The summed E-state index contributed by atoms with van der Waals surface area (Å²) < 4.78 is 25.8. The van der Waals surface area contributed by atoms with Crippen LogP contribution in [0.2, 0.25) is 10.0 Å². The van der Waals surface area contributed by atoms with E-state index in [4.69, 9.17) is 23.2 Å². The number of amides is 1. The molecular formula is C29H37Cl2NO5S. The second-order valence-electron chi connectivity index (χ2n) is 11.5. The van der Waals surface area contributed by atoms with E-state index in [1.165, 1.54) is 0 Å². The molecule has 1 aliphatic heterocycles. The number of benzene rings is 2. The molecule has 2 aromatic rings. The Morgan fingerprint density at radius 2 is 1.74 bits per heavy atom. The van der Waals surface area contributed by atoms with E-state index in [1.807, 2.05) is 37.3 Å². The van der Waals surface area contributed by atoms with Gasteiger partial charge in [-0.3, -0.25) is 9.59 Å². The molecule has 0 radical (unpaired) electrons. The number of carbonyl (C=O) groups is 2. The quantitative estimate of drug-likeness (QED) is 0.392.